The lowest BCUT2D eigenvalue weighted by Gasteiger charge is -2.36. The van der Waals surface area contributed by atoms with E-state index in [2.05, 4.69) is 88.5 Å². The average molecular weight is 576 g/mol. The van der Waals surface area contributed by atoms with Crippen molar-refractivity contribution in [2.75, 3.05) is 93.7 Å². The van der Waals surface area contributed by atoms with Gasteiger partial charge >= 0.3 is 0 Å². The molecule has 2 fully saturated rings. The van der Waals surface area contributed by atoms with Gasteiger partial charge < -0.3 is 29.1 Å². The van der Waals surface area contributed by atoms with E-state index in [4.69, 9.17) is 4.98 Å². The van der Waals surface area contributed by atoms with Crippen LogP contribution in [0.5, 0.6) is 0 Å². The molecular formula is C34H41N9. The molecule has 3 aromatic heterocycles. The number of rotatable bonds is 6. The number of anilines is 3. The summed E-state index contributed by atoms with van der Waals surface area (Å²) in [6, 6.07) is 17.7. The molecule has 0 spiro atoms. The van der Waals surface area contributed by atoms with Gasteiger partial charge in [0.1, 0.15) is 0 Å². The summed E-state index contributed by atoms with van der Waals surface area (Å²) in [4.78, 5) is 26.9. The third kappa shape index (κ3) is 4.94. The highest BCUT2D eigenvalue weighted by atomic mass is 15.3. The van der Waals surface area contributed by atoms with Crippen molar-refractivity contribution in [1.29, 1.82) is 0 Å². The molecule has 0 amide bonds. The Morgan fingerprint density at radius 1 is 0.721 bits per heavy atom. The third-order valence-electron chi connectivity index (χ3n) is 9.74. The molecule has 0 N–H and O–H groups in total. The van der Waals surface area contributed by atoms with Crippen molar-refractivity contribution < 1.29 is 0 Å². The van der Waals surface area contributed by atoms with Crippen LogP contribution >= 0.6 is 0 Å². The van der Waals surface area contributed by atoms with Crippen LogP contribution in [0.15, 0.2) is 60.9 Å². The smallest absolute Gasteiger partial charge is 0.225 e. The maximum absolute atomic E-state index is 5.41. The molecule has 43 heavy (non-hydrogen) atoms. The van der Waals surface area contributed by atoms with Gasteiger partial charge in [0.2, 0.25) is 5.95 Å². The molecule has 0 saturated carbocycles. The molecule has 0 atom stereocenters. The van der Waals surface area contributed by atoms with Crippen LogP contribution in [0.1, 0.15) is 12.8 Å². The van der Waals surface area contributed by atoms with Crippen LogP contribution in [0.2, 0.25) is 0 Å². The van der Waals surface area contributed by atoms with Crippen LogP contribution in [-0.4, -0.2) is 108 Å². The normalized spacial score (nSPS) is 18.7. The van der Waals surface area contributed by atoms with Crippen LogP contribution in [-0.2, 0) is 6.54 Å². The van der Waals surface area contributed by atoms with Gasteiger partial charge in [0.15, 0.2) is 0 Å². The SMILES string of the molecule is CN1CCN(CCCN2CCCn3c4ccccc4c4nc5cc(N6CCN(c7ncccn7)CC6)ccc5c2c43)CC1. The van der Waals surface area contributed by atoms with Crippen LogP contribution in [0.3, 0.4) is 0 Å². The topological polar surface area (TPSA) is 59.8 Å². The minimum atomic E-state index is 0.823. The monoisotopic (exact) mass is 575 g/mol. The average Bonchev–Trinajstić information content (AvgIpc) is 3.23. The van der Waals surface area contributed by atoms with Crippen LogP contribution < -0.4 is 14.7 Å². The van der Waals surface area contributed by atoms with Crippen molar-refractivity contribution in [2.24, 2.45) is 0 Å². The largest absolute Gasteiger partial charge is 0.369 e. The number of piperazine rings is 2. The summed E-state index contributed by atoms with van der Waals surface area (Å²) in [6.45, 7) is 12.8. The van der Waals surface area contributed by atoms with Crippen LogP contribution in [0, 0.1) is 0 Å². The quantitative estimate of drug-likeness (QED) is 0.297. The summed E-state index contributed by atoms with van der Waals surface area (Å²) < 4.78 is 2.55. The molecule has 9 heteroatoms. The molecule has 5 aromatic rings. The van der Waals surface area contributed by atoms with Gasteiger partial charge in [-0.1, -0.05) is 18.2 Å². The van der Waals surface area contributed by atoms with E-state index in [9.17, 15) is 0 Å². The number of aromatic nitrogens is 4. The summed E-state index contributed by atoms with van der Waals surface area (Å²) in [6.07, 6.45) is 5.98. The molecule has 3 aliphatic heterocycles. The molecule has 8 rings (SSSR count). The Kier molecular flexibility index (Phi) is 6.99. The molecule has 2 saturated heterocycles. The van der Waals surface area contributed by atoms with E-state index in [1.807, 2.05) is 18.5 Å². The van der Waals surface area contributed by atoms with E-state index < -0.39 is 0 Å². The van der Waals surface area contributed by atoms with Gasteiger partial charge in [0.25, 0.3) is 0 Å². The highest BCUT2D eigenvalue weighted by Gasteiger charge is 2.26. The highest BCUT2D eigenvalue weighted by Crippen LogP contribution is 2.41. The minimum absolute atomic E-state index is 0.823. The van der Waals surface area contributed by atoms with Gasteiger partial charge in [-0.15, -0.1) is 0 Å². The third-order valence-corrected chi connectivity index (χ3v) is 9.74. The molecule has 9 nitrogen and oxygen atoms in total. The predicted molar refractivity (Wildman–Crippen MR) is 177 cm³/mol. The Balaban J connectivity index is 1.13. The number of pyridine rings is 1. The second-order valence-corrected chi connectivity index (χ2v) is 12.4. The lowest BCUT2D eigenvalue weighted by molar-refractivity contribution is 0.153. The summed E-state index contributed by atoms with van der Waals surface area (Å²) in [5.41, 5.74) is 7.49. The van der Waals surface area contributed by atoms with Crippen LogP contribution in [0.4, 0.5) is 17.3 Å². The zero-order valence-electron chi connectivity index (χ0n) is 25.2. The maximum atomic E-state index is 5.41. The first-order valence-corrected chi connectivity index (χ1v) is 16.0. The molecule has 0 unspecified atom stereocenters. The molecule has 222 valence electrons. The first-order valence-electron chi connectivity index (χ1n) is 16.0. The van der Waals surface area contributed by atoms with Gasteiger partial charge in [-0.3, -0.25) is 0 Å². The van der Waals surface area contributed by atoms with Gasteiger partial charge in [-0.05, 0) is 56.8 Å². The van der Waals surface area contributed by atoms with E-state index in [1.54, 1.807) is 0 Å². The Bertz CT molecular complexity index is 1730. The fourth-order valence-corrected chi connectivity index (χ4v) is 7.38. The number of hydrogen-bond acceptors (Lipinski definition) is 8. The second kappa shape index (κ2) is 11.3. The van der Waals surface area contributed by atoms with E-state index in [0.29, 0.717) is 0 Å². The van der Waals surface area contributed by atoms with Gasteiger partial charge in [0.05, 0.1) is 27.8 Å². The van der Waals surface area contributed by atoms with Crippen molar-refractivity contribution in [3.05, 3.63) is 60.9 Å². The number of hydrogen-bond donors (Lipinski definition) is 0. The Morgan fingerprint density at radius 3 is 2.35 bits per heavy atom. The summed E-state index contributed by atoms with van der Waals surface area (Å²) in [7, 11) is 2.23. The molecule has 0 aliphatic carbocycles. The van der Waals surface area contributed by atoms with E-state index in [1.165, 1.54) is 72.3 Å². The van der Waals surface area contributed by atoms with Crippen molar-refractivity contribution in [1.82, 2.24) is 29.3 Å². The Morgan fingerprint density at radius 2 is 1.51 bits per heavy atom. The predicted octanol–water partition coefficient (Wildman–Crippen LogP) is 4.31. The van der Waals surface area contributed by atoms with Crippen molar-refractivity contribution in [3.63, 3.8) is 0 Å². The van der Waals surface area contributed by atoms with Crippen molar-refractivity contribution in [3.8, 4) is 0 Å². The minimum Gasteiger partial charge on any atom is -0.369 e. The zero-order valence-corrected chi connectivity index (χ0v) is 25.2. The lowest BCUT2D eigenvalue weighted by Crippen LogP contribution is -2.47. The fraction of sp³-hybridized carbons (Fsp3) is 0.441. The van der Waals surface area contributed by atoms with Crippen molar-refractivity contribution >= 4 is 50.2 Å². The molecule has 2 aromatic carbocycles. The number of fused-ring (bicyclic) bond motifs is 5. The van der Waals surface area contributed by atoms with Gasteiger partial charge in [0, 0.05) is 101 Å². The number of benzene rings is 2. The number of para-hydroxylation sites is 1. The summed E-state index contributed by atoms with van der Waals surface area (Å²) in [5, 5.41) is 2.54. The molecule has 3 aliphatic rings. The molecular weight excluding hydrogens is 534 g/mol. The van der Waals surface area contributed by atoms with Crippen molar-refractivity contribution in [2.45, 2.75) is 19.4 Å². The molecule has 0 radical (unpaired) electrons. The second-order valence-electron chi connectivity index (χ2n) is 12.4. The maximum Gasteiger partial charge on any atom is 0.225 e. The Hall–Kier alpha value is -3.95. The number of likely N-dealkylation sites (N-methyl/N-ethyl adjacent to an activating group) is 1. The standard InChI is InChI=1S/C34H41N9/c1-38-17-19-39(20-18-38)13-5-14-41-15-6-16-43-30-8-3-2-7-28(30)31-33(43)32(41)27-10-9-26(25-29(27)37-31)40-21-23-42(24-22-40)34-35-11-4-12-36-34/h2-4,7-12,25H,5-6,13-24H2,1H3. The zero-order chi connectivity index (χ0) is 28.8. The highest BCUT2D eigenvalue weighted by molar-refractivity contribution is 6.17. The van der Waals surface area contributed by atoms with Gasteiger partial charge in [-0.2, -0.15) is 0 Å². The first kappa shape index (κ1) is 26.7. The van der Waals surface area contributed by atoms with Gasteiger partial charge in [-0.25, -0.2) is 15.0 Å². The lowest BCUT2D eigenvalue weighted by atomic mass is 10.1. The number of aryl methyl sites for hydroxylation is 1. The van der Waals surface area contributed by atoms with Crippen LogP contribution in [0.25, 0.3) is 32.8 Å². The summed E-state index contributed by atoms with van der Waals surface area (Å²) >= 11 is 0. The van der Waals surface area contributed by atoms with E-state index in [-0.39, 0.29) is 0 Å². The number of nitrogens with zero attached hydrogens (tertiary/aromatic N) is 9. The van der Waals surface area contributed by atoms with E-state index in [0.717, 1.165) is 69.2 Å². The first-order chi connectivity index (χ1) is 21.2. The molecule has 6 heterocycles. The van der Waals surface area contributed by atoms with E-state index >= 15 is 0 Å². The fourth-order valence-electron chi connectivity index (χ4n) is 7.38. The summed E-state index contributed by atoms with van der Waals surface area (Å²) in [5.74, 6) is 0.823. The Labute approximate surface area is 253 Å². The molecule has 0 bridgehead atoms.